The van der Waals surface area contributed by atoms with Crippen molar-refractivity contribution in [1.82, 2.24) is 68.6 Å². The van der Waals surface area contributed by atoms with Crippen LogP contribution in [0.3, 0.4) is 0 Å². The van der Waals surface area contributed by atoms with Gasteiger partial charge in [-0.1, -0.05) is 162 Å². The SMILES string of the molecule is CCCCN(C)CCCC.CCCN(C)C.CCCN(C)CC.CCN(C(C)C)C(C)C.CCN(C)C(C)C.CCN1CCCC1.CCN1CCCCC1.CCN1CCCCC1.CCN1CCCCC1.CCN1CCCCC1.CCN1CCCCC1.CCN1CCCCC1.CCN1CCN(CC)CC1. The summed E-state index contributed by atoms with van der Waals surface area (Å²) < 4.78 is 0. The highest BCUT2D eigenvalue weighted by Gasteiger charge is 2.15. The van der Waals surface area contributed by atoms with Crippen LogP contribution < -0.4 is 0 Å². The fourth-order valence-electron chi connectivity index (χ4n) is 13.8. The molecule has 0 aromatic heterocycles. The molecule has 8 rings (SSSR count). The molecule has 0 radical (unpaired) electrons. The maximum absolute atomic E-state index is 2.52. The molecule has 634 valence electrons. The third-order valence-electron chi connectivity index (χ3n) is 22.1. The number of piperazine rings is 1. The first-order valence-corrected chi connectivity index (χ1v) is 46.0. The van der Waals surface area contributed by atoms with Crippen LogP contribution in [0, 0.1) is 0 Å². The van der Waals surface area contributed by atoms with Crippen LogP contribution in [-0.2, 0) is 0 Å². The van der Waals surface area contributed by atoms with Gasteiger partial charge in [0, 0.05) is 44.3 Å². The van der Waals surface area contributed by atoms with Crippen molar-refractivity contribution in [3.05, 3.63) is 0 Å². The first-order valence-electron chi connectivity index (χ1n) is 46.0. The van der Waals surface area contributed by atoms with E-state index >= 15 is 0 Å². The Kier molecular flexibility index (Phi) is 93.1. The van der Waals surface area contributed by atoms with E-state index in [2.05, 4.69) is 256 Å². The number of unbranched alkanes of at least 4 members (excludes halogenated alkanes) is 2. The lowest BCUT2D eigenvalue weighted by atomic mass is 10.1. The number of nitrogens with zero attached hydrogens (tertiary/aromatic N) is 14. The Bertz CT molecular complexity index is 1340. The molecule has 0 saturated carbocycles. The van der Waals surface area contributed by atoms with Crippen molar-refractivity contribution >= 4 is 0 Å². The van der Waals surface area contributed by atoms with E-state index in [0.717, 1.165) is 13.1 Å². The Morgan fingerprint density at radius 1 is 0.212 bits per heavy atom. The highest BCUT2D eigenvalue weighted by Crippen LogP contribution is 2.12. The molecular formula is C90H204N14. The lowest BCUT2D eigenvalue weighted by molar-refractivity contribution is 0.142. The summed E-state index contributed by atoms with van der Waals surface area (Å²) >= 11 is 0. The standard InChI is InChI=1S/C9H21N.C8H18N2.C8H19N.6C7H15N.C6H13N.2C6H15N.C5H13N/c1-4-6-8-10(3)9-7-5-2;1-3-9-5-7-10(4-2)8-6-9;1-6-9(7(2)3)8(4)5;6*1-2-8-6-4-3-5-7-8;1-2-7-5-3-4-6-7;1-5-7(4)6(2)3;1-4-6-7(3)5-2;1-4-5-6(2)3/h4-9H2,1-3H3;3-8H2,1-2H3;7-8H,6H2,1-5H3;6*2-7H2,1H3;2-6H2,1H3;6H,5H2,1-4H3;4-6H2,1-3H3;4-5H2,1-3H3. The van der Waals surface area contributed by atoms with Crippen LogP contribution in [0.5, 0.6) is 0 Å². The molecule has 14 nitrogen and oxygen atoms in total. The average molecular weight is 1480 g/mol. The zero-order valence-corrected chi connectivity index (χ0v) is 77.4. The van der Waals surface area contributed by atoms with E-state index in [1.807, 2.05) is 0 Å². The van der Waals surface area contributed by atoms with Crippen molar-refractivity contribution in [3.63, 3.8) is 0 Å². The van der Waals surface area contributed by atoms with Crippen molar-refractivity contribution in [3.8, 4) is 0 Å². The zero-order valence-electron chi connectivity index (χ0n) is 77.4. The summed E-state index contributed by atoms with van der Waals surface area (Å²) in [5.74, 6) is 0. The number of rotatable bonds is 25. The van der Waals surface area contributed by atoms with Crippen LogP contribution in [0.4, 0.5) is 0 Å². The van der Waals surface area contributed by atoms with Gasteiger partial charge in [0.1, 0.15) is 0 Å². The molecule has 8 fully saturated rings. The van der Waals surface area contributed by atoms with Crippen molar-refractivity contribution in [2.45, 2.75) is 337 Å². The van der Waals surface area contributed by atoms with Gasteiger partial charge in [-0.3, -0.25) is 4.90 Å². The van der Waals surface area contributed by atoms with Crippen LogP contribution in [0.2, 0.25) is 0 Å². The lowest BCUT2D eigenvalue weighted by Gasteiger charge is -2.33. The quantitative estimate of drug-likeness (QED) is 0.0872. The van der Waals surface area contributed by atoms with Gasteiger partial charge in [0.25, 0.3) is 0 Å². The summed E-state index contributed by atoms with van der Waals surface area (Å²) in [5, 5.41) is 0. The molecule has 0 bridgehead atoms. The number of piperidine rings is 6. The van der Waals surface area contributed by atoms with E-state index in [1.165, 1.54) is 376 Å². The Balaban J connectivity index is -0.000000341. The predicted molar refractivity (Wildman–Crippen MR) is 477 cm³/mol. The van der Waals surface area contributed by atoms with Gasteiger partial charge in [0.15, 0.2) is 0 Å². The minimum absolute atomic E-state index is 0.690. The molecule has 0 amide bonds. The van der Waals surface area contributed by atoms with Crippen LogP contribution in [-0.4, -0.2) is 344 Å². The molecule has 8 aliphatic rings. The fourth-order valence-corrected chi connectivity index (χ4v) is 13.8. The fraction of sp³-hybridized carbons (Fsp3) is 1.00. The summed E-state index contributed by atoms with van der Waals surface area (Å²) in [6, 6.07) is 2.08. The number of hydrogen-bond acceptors (Lipinski definition) is 14. The molecule has 0 atom stereocenters. The zero-order chi connectivity index (χ0) is 79.2. The van der Waals surface area contributed by atoms with E-state index in [1.54, 1.807) is 0 Å². The van der Waals surface area contributed by atoms with E-state index in [9.17, 15) is 0 Å². The third-order valence-corrected chi connectivity index (χ3v) is 22.1. The van der Waals surface area contributed by atoms with Gasteiger partial charge in [-0.05, 0) is 389 Å². The topological polar surface area (TPSA) is 45.4 Å². The first-order chi connectivity index (χ1) is 50.0. The second kappa shape index (κ2) is 86.4. The molecule has 8 aliphatic heterocycles. The summed E-state index contributed by atoms with van der Waals surface area (Å²) in [6.45, 7) is 92.5. The molecule has 0 aromatic carbocycles. The predicted octanol–water partition coefficient (Wildman–Crippen LogP) is 19.0. The Morgan fingerprint density at radius 3 is 0.519 bits per heavy atom. The summed E-state index contributed by atoms with van der Waals surface area (Å²) in [4.78, 5) is 34.3. The van der Waals surface area contributed by atoms with Crippen molar-refractivity contribution < 1.29 is 0 Å². The van der Waals surface area contributed by atoms with Gasteiger partial charge >= 0.3 is 0 Å². The van der Waals surface area contributed by atoms with Crippen molar-refractivity contribution in [1.29, 1.82) is 0 Å². The summed E-state index contributed by atoms with van der Waals surface area (Å²) in [6.07, 6.45) is 36.5. The Hall–Kier alpha value is -0.560. The van der Waals surface area contributed by atoms with E-state index in [0.29, 0.717) is 18.1 Å². The smallest absolute Gasteiger partial charge is 0.0110 e. The van der Waals surface area contributed by atoms with Gasteiger partial charge in [-0.25, -0.2) is 0 Å². The van der Waals surface area contributed by atoms with Gasteiger partial charge < -0.3 is 63.7 Å². The molecule has 8 heterocycles. The molecule has 14 heteroatoms. The highest BCUT2D eigenvalue weighted by atomic mass is 15.3. The second-order valence-electron chi connectivity index (χ2n) is 31.9. The van der Waals surface area contributed by atoms with Gasteiger partial charge in [0.05, 0.1) is 0 Å². The summed E-state index contributed by atoms with van der Waals surface area (Å²) in [7, 11) is 10.7. The maximum Gasteiger partial charge on any atom is 0.0110 e. The number of likely N-dealkylation sites (tertiary alicyclic amines) is 7. The molecule has 0 aliphatic carbocycles. The molecule has 104 heavy (non-hydrogen) atoms. The molecule has 0 spiro atoms. The lowest BCUT2D eigenvalue weighted by Crippen LogP contribution is -2.45. The second-order valence-corrected chi connectivity index (χ2v) is 31.9. The maximum atomic E-state index is 2.52. The Labute approximate surface area is 660 Å². The molecular weight excluding hydrogens is 1280 g/mol. The van der Waals surface area contributed by atoms with Crippen molar-refractivity contribution in [2.24, 2.45) is 0 Å². The van der Waals surface area contributed by atoms with E-state index in [-0.39, 0.29) is 0 Å². The Morgan fingerprint density at radius 2 is 0.423 bits per heavy atom. The molecule has 0 N–H and O–H groups in total. The first kappa shape index (κ1) is 112. The van der Waals surface area contributed by atoms with Gasteiger partial charge in [0.2, 0.25) is 0 Å². The van der Waals surface area contributed by atoms with Crippen LogP contribution in [0.15, 0.2) is 0 Å². The summed E-state index contributed by atoms with van der Waals surface area (Å²) in [5.41, 5.74) is 0. The highest BCUT2D eigenvalue weighted by molar-refractivity contribution is 4.71. The average Bonchev–Trinajstić information content (AvgIpc) is 1.20. The van der Waals surface area contributed by atoms with E-state index < -0.39 is 0 Å². The largest absolute Gasteiger partial charge is 0.309 e. The van der Waals surface area contributed by atoms with Crippen LogP contribution in [0.25, 0.3) is 0 Å². The van der Waals surface area contributed by atoms with Gasteiger partial charge in [-0.15, -0.1) is 0 Å². The third kappa shape index (κ3) is 78.1. The normalized spacial score (nSPS) is 18.8. The monoisotopic (exact) mass is 1480 g/mol. The van der Waals surface area contributed by atoms with Crippen molar-refractivity contribution in [2.75, 3.05) is 258 Å². The number of hydrogen-bond donors (Lipinski definition) is 0. The van der Waals surface area contributed by atoms with Crippen LogP contribution >= 0.6 is 0 Å². The number of likely N-dealkylation sites (N-methyl/N-ethyl adjacent to an activating group) is 2. The molecule has 8 saturated heterocycles. The van der Waals surface area contributed by atoms with Gasteiger partial charge in [-0.2, -0.15) is 0 Å². The minimum Gasteiger partial charge on any atom is -0.309 e. The molecule has 0 unspecified atom stereocenters. The van der Waals surface area contributed by atoms with Crippen LogP contribution in [0.1, 0.15) is 319 Å². The minimum atomic E-state index is 0.690. The molecule has 0 aromatic rings. The van der Waals surface area contributed by atoms with E-state index in [4.69, 9.17) is 0 Å².